The molecule has 0 aliphatic heterocycles. The van der Waals surface area contributed by atoms with E-state index in [1.54, 1.807) is 6.92 Å². The van der Waals surface area contributed by atoms with Crippen LogP contribution in [-0.4, -0.2) is 49.9 Å². The summed E-state index contributed by atoms with van der Waals surface area (Å²) in [6.07, 6.45) is -1.13. The quantitative estimate of drug-likeness (QED) is 0.213. The average Bonchev–Trinajstić information content (AvgIpc) is 2.39. The first-order valence-corrected chi connectivity index (χ1v) is 7.46. The first-order chi connectivity index (χ1) is 9.87. The molecule has 0 aromatic heterocycles. The molecule has 0 atom stereocenters. The van der Waals surface area contributed by atoms with E-state index >= 15 is 0 Å². The van der Waals surface area contributed by atoms with E-state index < -0.39 is 46.9 Å². The van der Waals surface area contributed by atoms with E-state index in [0.717, 1.165) is 0 Å². The molecular weight excluding hydrogens is 336 g/mol. The van der Waals surface area contributed by atoms with Crippen LogP contribution in [0.5, 0.6) is 0 Å². The number of ether oxygens (including phenoxy) is 2. The summed E-state index contributed by atoms with van der Waals surface area (Å²) in [5.74, 6) is -5.86. The summed E-state index contributed by atoms with van der Waals surface area (Å²) in [5.41, 5.74) is -0.210. The maximum Gasteiger partial charge on any atom is 0.431 e. The van der Waals surface area contributed by atoms with Crippen molar-refractivity contribution in [3.05, 3.63) is 12.2 Å². The number of rotatable bonds is 10. The summed E-state index contributed by atoms with van der Waals surface area (Å²) < 4.78 is 89.6. The highest BCUT2D eigenvalue weighted by Gasteiger charge is 2.65. The normalized spacial score (nSPS) is 13.0. The molecule has 0 amide bonds. The summed E-state index contributed by atoms with van der Waals surface area (Å²) in [5, 5.41) is -5.64. The Morgan fingerprint density at radius 3 is 2.23 bits per heavy atom. The lowest BCUT2D eigenvalue weighted by molar-refractivity contribution is -0.170. The van der Waals surface area contributed by atoms with Crippen LogP contribution < -0.4 is 0 Å². The summed E-state index contributed by atoms with van der Waals surface area (Å²) in [6.45, 7) is 3.59. The zero-order valence-corrected chi connectivity index (χ0v) is 12.5. The first kappa shape index (κ1) is 20.8. The van der Waals surface area contributed by atoms with Gasteiger partial charge in [-0.15, -0.1) is 0 Å². The van der Waals surface area contributed by atoms with Gasteiger partial charge in [-0.1, -0.05) is 13.5 Å². The lowest BCUT2D eigenvalue weighted by Gasteiger charge is -2.23. The SMILES string of the molecule is C=C(COCCC(F)(F)C(F)(F)S(=O)(=O)O)C(=O)OCCC. The van der Waals surface area contributed by atoms with E-state index in [1.807, 2.05) is 0 Å². The molecule has 11 heteroatoms. The molecule has 0 rings (SSSR count). The van der Waals surface area contributed by atoms with Crippen LogP contribution in [0.1, 0.15) is 19.8 Å². The number of alkyl halides is 4. The number of esters is 1. The largest absolute Gasteiger partial charge is 0.462 e. The topological polar surface area (TPSA) is 89.9 Å². The lowest BCUT2D eigenvalue weighted by Crippen LogP contribution is -2.47. The molecule has 0 aromatic rings. The van der Waals surface area contributed by atoms with E-state index in [1.165, 1.54) is 0 Å². The predicted molar refractivity (Wildman–Crippen MR) is 67.3 cm³/mol. The van der Waals surface area contributed by atoms with Crippen LogP contribution in [-0.2, 0) is 24.4 Å². The minimum Gasteiger partial charge on any atom is -0.462 e. The molecule has 1 N–H and O–H groups in total. The average molecular weight is 352 g/mol. The maximum atomic E-state index is 13.1. The van der Waals surface area contributed by atoms with Crippen molar-refractivity contribution < 1.29 is 44.8 Å². The van der Waals surface area contributed by atoms with Crippen molar-refractivity contribution in [2.45, 2.75) is 30.9 Å². The van der Waals surface area contributed by atoms with Crippen molar-refractivity contribution >= 4 is 16.1 Å². The van der Waals surface area contributed by atoms with Crippen LogP contribution in [0, 0.1) is 0 Å². The standard InChI is InChI=1S/C11H16F4O6S/c1-3-5-21-9(16)8(2)7-20-6-4-10(12,13)11(14,15)22(17,18)19/h2-7H2,1H3,(H,17,18,19). The highest BCUT2D eigenvalue weighted by Crippen LogP contribution is 2.40. The van der Waals surface area contributed by atoms with Crippen molar-refractivity contribution in [1.82, 2.24) is 0 Å². The van der Waals surface area contributed by atoms with Gasteiger partial charge in [0, 0.05) is 6.42 Å². The zero-order chi connectivity index (χ0) is 17.6. The summed E-state index contributed by atoms with van der Waals surface area (Å²) in [4.78, 5) is 11.2. The van der Waals surface area contributed by atoms with Gasteiger partial charge in [-0.3, -0.25) is 4.55 Å². The minimum atomic E-state index is -6.27. The second kappa shape index (κ2) is 7.88. The molecule has 130 valence electrons. The second-order valence-corrected chi connectivity index (χ2v) is 5.70. The molecule has 0 bridgehead atoms. The van der Waals surface area contributed by atoms with Crippen LogP contribution >= 0.6 is 0 Å². The number of carbonyl (C=O) groups excluding carboxylic acids is 1. The van der Waals surface area contributed by atoms with Gasteiger partial charge >= 0.3 is 27.3 Å². The van der Waals surface area contributed by atoms with Crippen molar-refractivity contribution in [3.8, 4) is 0 Å². The third-order valence-corrected chi connectivity index (χ3v) is 3.26. The Kier molecular flexibility index (Phi) is 7.45. The van der Waals surface area contributed by atoms with Gasteiger partial charge in [0.05, 0.1) is 25.4 Å². The maximum absolute atomic E-state index is 13.1. The number of halogens is 4. The van der Waals surface area contributed by atoms with Gasteiger partial charge in [-0.2, -0.15) is 26.0 Å². The Balaban J connectivity index is 4.36. The highest BCUT2D eigenvalue weighted by molar-refractivity contribution is 7.87. The molecule has 0 aromatic carbocycles. The molecule has 0 radical (unpaired) electrons. The van der Waals surface area contributed by atoms with Crippen LogP contribution in [0.15, 0.2) is 12.2 Å². The zero-order valence-electron chi connectivity index (χ0n) is 11.7. The van der Waals surface area contributed by atoms with E-state index in [-0.39, 0.29) is 12.2 Å². The Morgan fingerprint density at radius 1 is 1.23 bits per heavy atom. The van der Waals surface area contributed by atoms with Crippen molar-refractivity contribution in [3.63, 3.8) is 0 Å². The van der Waals surface area contributed by atoms with Gasteiger partial charge < -0.3 is 9.47 Å². The van der Waals surface area contributed by atoms with E-state index in [0.29, 0.717) is 6.42 Å². The minimum absolute atomic E-state index is 0.122. The molecule has 0 fully saturated rings. The van der Waals surface area contributed by atoms with Gasteiger partial charge in [-0.25, -0.2) is 4.79 Å². The number of carbonyl (C=O) groups is 1. The molecule has 22 heavy (non-hydrogen) atoms. The van der Waals surface area contributed by atoms with Crippen LogP contribution in [0.3, 0.4) is 0 Å². The molecule has 0 saturated carbocycles. The van der Waals surface area contributed by atoms with Gasteiger partial charge in [0.2, 0.25) is 0 Å². The Labute approximate surface area is 124 Å². The fourth-order valence-corrected chi connectivity index (χ4v) is 1.57. The van der Waals surface area contributed by atoms with E-state index in [2.05, 4.69) is 16.1 Å². The highest BCUT2D eigenvalue weighted by atomic mass is 32.2. The molecular formula is C11H16F4O6S. The summed E-state index contributed by atoms with van der Waals surface area (Å²) in [6, 6.07) is 0. The molecule has 0 heterocycles. The van der Waals surface area contributed by atoms with Crippen LogP contribution in [0.2, 0.25) is 0 Å². The molecule has 0 saturated heterocycles. The number of hydrogen-bond donors (Lipinski definition) is 1. The molecule has 0 aliphatic carbocycles. The fourth-order valence-electron chi connectivity index (χ4n) is 1.09. The third-order valence-electron chi connectivity index (χ3n) is 2.31. The lowest BCUT2D eigenvalue weighted by atomic mass is 10.2. The summed E-state index contributed by atoms with van der Waals surface area (Å²) >= 11 is 0. The van der Waals surface area contributed by atoms with Crippen molar-refractivity contribution in [2.24, 2.45) is 0 Å². The van der Waals surface area contributed by atoms with E-state index in [4.69, 9.17) is 4.55 Å². The van der Waals surface area contributed by atoms with Gasteiger partial charge in [0.15, 0.2) is 0 Å². The van der Waals surface area contributed by atoms with Gasteiger partial charge in [-0.05, 0) is 6.42 Å². The smallest absolute Gasteiger partial charge is 0.431 e. The molecule has 0 unspecified atom stereocenters. The van der Waals surface area contributed by atoms with Crippen LogP contribution in [0.25, 0.3) is 0 Å². The predicted octanol–water partition coefficient (Wildman–Crippen LogP) is 2.02. The van der Waals surface area contributed by atoms with E-state index in [9.17, 15) is 30.8 Å². The first-order valence-electron chi connectivity index (χ1n) is 6.02. The van der Waals surface area contributed by atoms with Crippen molar-refractivity contribution in [1.29, 1.82) is 0 Å². The monoisotopic (exact) mass is 352 g/mol. The molecule has 6 nitrogen and oxygen atoms in total. The molecule has 0 aliphatic rings. The Bertz CT molecular complexity index is 503. The Morgan fingerprint density at radius 2 is 1.77 bits per heavy atom. The van der Waals surface area contributed by atoms with Gasteiger partial charge in [0.25, 0.3) is 0 Å². The van der Waals surface area contributed by atoms with Crippen LogP contribution in [0.4, 0.5) is 17.6 Å². The fraction of sp³-hybridized carbons (Fsp3) is 0.727. The second-order valence-electron chi connectivity index (χ2n) is 4.24. The third kappa shape index (κ3) is 5.54. The summed E-state index contributed by atoms with van der Waals surface area (Å²) in [7, 11) is -6.27. The Hall–Kier alpha value is -1.20. The number of hydrogen-bond acceptors (Lipinski definition) is 5. The van der Waals surface area contributed by atoms with Gasteiger partial charge in [0.1, 0.15) is 0 Å². The molecule has 0 spiro atoms. The van der Waals surface area contributed by atoms with Crippen molar-refractivity contribution in [2.75, 3.05) is 19.8 Å².